The van der Waals surface area contributed by atoms with Crippen LogP contribution in [-0.2, 0) is 0 Å². The van der Waals surface area contributed by atoms with Gasteiger partial charge in [0.05, 0.1) is 12.4 Å². The minimum atomic E-state index is -0.240. The zero-order valence-electron chi connectivity index (χ0n) is 13.4. The van der Waals surface area contributed by atoms with Gasteiger partial charge in [0.1, 0.15) is 11.5 Å². The second-order valence-corrected chi connectivity index (χ2v) is 6.04. The Morgan fingerprint density at radius 3 is 2.57 bits per heavy atom. The summed E-state index contributed by atoms with van der Waals surface area (Å²) in [5, 5.41) is 6.27. The Morgan fingerprint density at radius 1 is 1.09 bits per heavy atom. The third-order valence-electron chi connectivity index (χ3n) is 4.23. The number of aromatic nitrogens is 2. The van der Waals surface area contributed by atoms with E-state index in [0.717, 1.165) is 17.1 Å². The first-order valence-electron chi connectivity index (χ1n) is 8.18. The van der Waals surface area contributed by atoms with Gasteiger partial charge in [0.2, 0.25) is 0 Å². The van der Waals surface area contributed by atoms with E-state index in [1.165, 1.54) is 38.3 Å². The molecule has 2 aromatic rings. The number of hydrogen-bond donors (Lipinski definition) is 2. The molecule has 0 saturated heterocycles. The number of hydrogen-bond acceptors (Lipinski definition) is 4. The highest BCUT2D eigenvalue weighted by molar-refractivity contribution is 6.03. The van der Waals surface area contributed by atoms with E-state index >= 15 is 0 Å². The zero-order valence-corrected chi connectivity index (χ0v) is 13.4. The molecule has 0 aliphatic heterocycles. The Hall–Kier alpha value is -2.43. The van der Waals surface area contributed by atoms with E-state index in [1.807, 2.05) is 31.2 Å². The molecule has 1 amide bonds. The molecule has 1 fully saturated rings. The van der Waals surface area contributed by atoms with Crippen molar-refractivity contribution in [1.82, 2.24) is 9.97 Å². The lowest BCUT2D eigenvalue weighted by atomic mass is 9.96. The fraction of sp³-hybridized carbons (Fsp3) is 0.389. The smallest absolute Gasteiger partial charge is 0.275 e. The third-order valence-corrected chi connectivity index (χ3v) is 4.23. The number of rotatable bonds is 4. The molecule has 2 N–H and O–H groups in total. The van der Waals surface area contributed by atoms with E-state index in [4.69, 9.17) is 0 Å². The summed E-state index contributed by atoms with van der Waals surface area (Å²) in [5.74, 6) is 0.500. The normalized spacial score (nSPS) is 15.2. The van der Waals surface area contributed by atoms with Crippen molar-refractivity contribution in [3.8, 4) is 0 Å². The zero-order chi connectivity index (χ0) is 16.1. The average molecular weight is 310 g/mol. The molecule has 0 radical (unpaired) electrons. The van der Waals surface area contributed by atoms with Gasteiger partial charge in [-0.1, -0.05) is 37.5 Å². The van der Waals surface area contributed by atoms with Gasteiger partial charge in [-0.3, -0.25) is 4.79 Å². The second-order valence-electron chi connectivity index (χ2n) is 6.04. The molecule has 0 bridgehead atoms. The predicted molar refractivity (Wildman–Crippen MR) is 91.7 cm³/mol. The van der Waals surface area contributed by atoms with Crippen LogP contribution >= 0.6 is 0 Å². The molecule has 1 aliphatic carbocycles. The van der Waals surface area contributed by atoms with E-state index in [9.17, 15) is 4.79 Å². The predicted octanol–water partition coefficient (Wildman–Crippen LogP) is 3.78. The number of carbonyl (C=O) groups is 1. The molecule has 3 rings (SSSR count). The second kappa shape index (κ2) is 7.22. The Balaban J connectivity index is 1.62. The number of aryl methyl sites for hydroxylation is 1. The molecule has 1 heterocycles. The lowest BCUT2D eigenvalue weighted by molar-refractivity contribution is 0.102. The largest absolute Gasteiger partial charge is 0.366 e. The van der Waals surface area contributed by atoms with Crippen LogP contribution in [0.25, 0.3) is 0 Å². The number of anilines is 2. The van der Waals surface area contributed by atoms with Crippen LogP contribution in [-0.4, -0.2) is 21.9 Å². The molecule has 1 aromatic heterocycles. The molecule has 5 heteroatoms. The van der Waals surface area contributed by atoms with Crippen molar-refractivity contribution in [2.75, 3.05) is 10.6 Å². The van der Waals surface area contributed by atoms with Gasteiger partial charge in [0.15, 0.2) is 0 Å². The molecular formula is C18H22N4O. The quantitative estimate of drug-likeness (QED) is 0.902. The molecule has 1 aliphatic rings. The van der Waals surface area contributed by atoms with Crippen molar-refractivity contribution in [3.05, 3.63) is 47.9 Å². The molecule has 0 unspecified atom stereocenters. The minimum Gasteiger partial charge on any atom is -0.366 e. The van der Waals surface area contributed by atoms with Gasteiger partial charge in [-0.2, -0.15) is 0 Å². The highest BCUT2D eigenvalue weighted by Gasteiger charge is 2.14. The van der Waals surface area contributed by atoms with Crippen LogP contribution in [0.4, 0.5) is 11.5 Å². The fourth-order valence-corrected chi connectivity index (χ4v) is 2.88. The van der Waals surface area contributed by atoms with E-state index in [-0.39, 0.29) is 5.91 Å². The van der Waals surface area contributed by atoms with Gasteiger partial charge in [-0.25, -0.2) is 9.97 Å². The number of para-hydroxylation sites is 1. The summed E-state index contributed by atoms with van der Waals surface area (Å²) in [6.07, 6.45) is 9.38. The summed E-state index contributed by atoms with van der Waals surface area (Å²) in [5.41, 5.74) is 2.13. The molecule has 1 aromatic carbocycles. The third kappa shape index (κ3) is 4.06. The van der Waals surface area contributed by atoms with Crippen molar-refractivity contribution >= 4 is 17.4 Å². The van der Waals surface area contributed by atoms with Gasteiger partial charge in [-0.05, 0) is 31.4 Å². The summed E-state index contributed by atoms with van der Waals surface area (Å²) in [6, 6.07) is 8.14. The number of carbonyl (C=O) groups excluding carboxylic acids is 1. The molecule has 0 spiro atoms. The Morgan fingerprint density at radius 2 is 1.87 bits per heavy atom. The Kier molecular flexibility index (Phi) is 4.86. The molecule has 120 valence electrons. The van der Waals surface area contributed by atoms with Crippen molar-refractivity contribution in [1.29, 1.82) is 0 Å². The summed E-state index contributed by atoms with van der Waals surface area (Å²) in [7, 11) is 0. The summed E-state index contributed by atoms with van der Waals surface area (Å²) in [4.78, 5) is 20.8. The standard InChI is InChI=1S/C18H22N4O/c1-13-7-5-6-10-15(13)22-18(23)16-11-20-17(12-19-16)21-14-8-3-2-4-9-14/h5-7,10-12,14H,2-4,8-9H2,1H3,(H,20,21)(H,22,23). The summed E-state index contributed by atoms with van der Waals surface area (Å²) < 4.78 is 0. The van der Waals surface area contributed by atoms with Gasteiger partial charge in [-0.15, -0.1) is 0 Å². The average Bonchev–Trinajstić information content (AvgIpc) is 2.58. The van der Waals surface area contributed by atoms with Crippen LogP contribution in [0, 0.1) is 6.92 Å². The highest BCUT2D eigenvalue weighted by atomic mass is 16.1. The van der Waals surface area contributed by atoms with Crippen molar-refractivity contribution in [3.63, 3.8) is 0 Å². The topological polar surface area (TPSA) is 66.9 Å². The first kappa shape index (κ1) is 15.5. The minimum absolute atomic E-state index is 0.240. The van der Waals surface area contributed by atoms with Crippen LogP contribution in [0.3, 0.4) is 0 Å². The lowest BCUT2D eigenvalue weighted by Crippen LogP contribution is -2.23. The van der Waals surface area contributed by atoms with Crippen LogP contribution in [0.5, 0.6) is 0 Å². The monoisotopic (exact) mass is 310 g/mol. The van der Waals surface area contributed by atoms with Gasteiger partial charge < -0.3 is 10.6 Å². The first-order valence-corrected chi connectivity index (χ1v) is 8.18. The van der Waals surface area contributed by atoms with E-state index in [2.05, 4.69) is 20.6 Å². The molecular weight excluding hydrogens is 288 g/mol. The first-order chi connectivity index (χ1) is 11.2. The van der Waals surface area contributed by atoms with Crippen molar-refractivity contribution < 1.29 is 4.79 Å². The maximum absolute atomic E-state index is 12.2. The fourth-order valence-electron chi connectivity index (χ4n) is 2.88. The maximum atomic E-state index is 12.2. The van der Waals surface area contributed by atoms with Crippen molar-refractivity contribution in [2.45, 2.75) is 45.1 Å². The lowest BCUT2D eigenvalue weighted by Gasteiger charge is -2.23. The summed E-state index contributed by atoms with van der Waals surface area (Å²) in [6.45, 7) is 1.96. The van der Waals surface area contributed by atoms with Crippen LogP contribution in [0.1, 0.15) is 48.2 Å². The van der Waals surface area contributed by atoms with E-state index in [1.54, 1.807) is 6.20 Å². The Labute approximate surface area is 136 Å². The number of amides is 1. The summed E-state index contributed by atoms with van der Waals surface area (Å²) >= 11 is 0. The molecule has 1 saturated carbocycles. The molecule has 23 heavy (non-hydrogen) atoms. The maximum Gasteiger partial charge on any atom is 0.275 e. The van der Waals surface area contributed by atoms with Gasteiger partial charge in [0.25, 0.3) is 5.91 Å². The van der Waals surface area contributed by atoms with Crippen LogP contribution < -0.4 is 10.6 Å². The Bertz CT molecular complexity index is 663. The molecule has 0 atom stereocenters. The van der Waals surface area contributed by atoms with E-state index < -0.39 is 0 Å². The van der Waals surface area contributed by atoms with Crippen molar-refractivity contribution in [2.24, 2.45) is 0 Å². The molecule has 5 nitrogen and oxygen atoms in total. The van der Waals surface area contributed by atoms with Crippen LogP contribution in [0.2, 0.25) is 0 Å². The number of benzene rings is 1. The number of nitrogens with one attached hydrogen (secondary N) is 2. The SMILES string of the molecule is Cc1ccccc1NC(=O)c1cnc(NC2CCCCC2)cn1. The number of nitrogens with zero attached hydrogens (tertiary/aromatic N) is 2. The van der Waals surface area contributed by atoms with E-state index in [0.29, 0.717) is 11.7 Å². The van der Waals surface area contributed by atoms with Gasteiger partial charge in [0, 0.05) is 11.7 Å². The van der Waals surface area contributed by atoms with Gasteiger partial charge >= 0.3 is 0 Å². The van der Waals surface area contributed by atoms with Crippen LogP contribution in [0.15, 0.2) is 36.7 Å². The highest BCUT2D eigenvalue weighted by Crippen LogP contribution is 2.20.